The molecule has 1 aliphatic heterocycles. The summed E-state index contributed by atoms with van der Waals surface area (Å²) in [5, 5.41) is 8.25. The summed E-state index contributed by atoms with van der Waals surface area (Å²) in [5.74, 6) is 1.16. The molecule has 26 heavy (non-hydrogen) atoms. The van der Waals surface area contributed by atoms with Crippen LogP contribution < -0.4 is 9.64 Å². The highest BCUT2D eigenvalue weighted by atomic mass is 32.2. The van der Waals surface area contributed by atoms with E-state index in [1.807, 2.05) is 32.9 Å². The number of methoxy groups -OCH3 is 1. The molecule has 140 valence electrons. The van der Waals surface area contributed by atoms with Gasteiger partial charge in [-0.2, -0.15) is 9.40 Å². The molecule has 0 aliphatic carbocycles. The quantitative estimate of drug-likeness (QED) is 0.812. The zero-order valence-corrected chi connectivity index (χ0v) is 16.4. The lowest BCUT2D eigenvalue weighted by atomic mass is 10.1. The fourth-order valence-electron chi connectivity index (χ4n) is 2.98. The Hall–Kier alpha value is -2.19. The first kappa shape index (κ1) is 18.6. The number of aromatic nitrogens is 2. The maximum Gasteiger partial charge on any atom is 0.246 e. The van der Waals surface area contributed by atoms with Crippen LogP contribution in [0.3, 0.4) is 0 Å². The van der Waals surface area contributed by atoms with E-state index >= 15 is 0 Å². The highest BCUT2D eigenvalue weighted by Gasteiger charge is 2.31. The van der Waals surface area contributed by atoms with Crippen LogP contribution in [-0.4, -0.2) is 56.2 Å². The van der Waals surface area contributed by atoms with Crippen LogP contribution in [-0.2, 0) is 10.0 Å². The predicted octanol–water partition coefficient (Wildman–Crippen LogP) is 1.92. The second-order valence-electron chi connectivity index (χ2n) is 6.51. The SMILES string of the molecule is COc1cc(C)c(C)cc1S(=O)(=O)N1CCN(c2ccc(C)nn2)CC1. The van der Waals surface area contributed by atoms with E-state index in [4.69, 9.17) is 4.74 Å². The molecule has 1 aliphatic rings. The second kappa shape index (κ2) is 7.20. The van der Waals surface area contributed by atoms with Crippen LogP contribution in [0, 0.1) is 20.8 Å². The zero-order chi connectivity index (χ0) is 18.9. The lowest BCUT2D eigenvalue weighted by Gasteiger charge is -2.34. The second-order valence-corrected chi connectivity index (χ2v) is 8.42. The van der Waals surface area contributed by atoms with Crippen molar-refractivity contribution in [1.29, 1.82) is 0 Å². The maximum atomic E-state index is 13.1. The Morgan fingerprint density at radius 1 is 0.962 bits per heavy atom. The van der Waals surface area contributed by atoms with Gasteiger partial charge >= 0.3 is 0 Å². The molecule has 0 unspecified atom stereocenters. The summed E-state index contributed by atoms with van der Waals surface area (Å²) < 4.78 is 33.1. The van der Waals surface area contributed by atoms with Gasteiger partial charge < -0.3 is 9.64 Å². The highest BCUT2D eigenvalue weighted by Crippen LogP contribution is 2.30. The molecule has 1 aromatic heterocycles. The summed E-state index contributed by atoms with van der Waals surface area (Å²) in [5.41, 5.74) is 2.79. The van der Waals surface area contributed by atoms with Crippen LogP contribution >= 0.6 is 0 Å². The van der Waals surface area contributed by atoms with Crippen molar-refractivity contribution >= 4 is 15.8 Å². The van der Waals surface area contributed by atoms with E-state index in [9.17, 15) is 8.42 Å². The number of nitrogens with zero attached hydrogens (tertiary/aromatic N) is 4. The first-order valence-electron chi connectivity index (χ1n) is 8.53. The van der Waals surface area contributed by atoms with Gasteiger partial charge in [0.15, 0.2) is 5.82 Å². The molecule has 0 radical (unpaired) electrons. The minimum Gasteiger partial charge on any atom is -0.495 e. The van der Waals surface area contributed by atoms with Crippen molar-refractivity contribution in [2.24, 2.45) is 0 Å². The van der Waals surface area contributed by atoms with Gasteiger partial charge in [-0.25, -0.2) is 8.42 Å². The molecule has 0 spiro atoms. The fraction of sp³-hybridized carbons (Fsp3) is 0.444. The largest absolute Gasteiger partial charge is 0.495 e. The summed E-state index contributed by atoms with van der Waals surface area (Å²) in [7, 11) is -2.11. The molecule has 2 heterocycles. The monoisotopic (exact) mass is 376 g/mol. The molecule has 0 amide bonds. The first-order chi connectivity index (χ1) is 12.3. The molecule has 0 bridgehead atoms. The fourth-order valence-corrected chi connectivity index (χ4v) is 4.63. The molecule has 0 atom stereocenters. The summed E-state index contributed by atoms with van der Waals surface area (Å²) in [6.07, 6.45) is 0. The number of rotatable bonds is 4. The lowest BCUT2D eigenvalue weighted by Crippen LogP contribution is -2.49. The normalized spacial score (nSPS) is 15.9. The molecular weight excluding hydrogens is 352 g/mol. The average molecular weight is 376 g/mol. The van der Waals surface area contributed by atoms with E-state index in [0.29, 0.717) is 31.9 Å². The van der Waals surface area contributed by atoms with Crippen molar-refractivity contribution in [1.82, 2.24) is 14.5 Å². The van der Waals surface area contributed by atoms with E-state index in [1.54, 1.807) is 12.1 Å². The Kier molecular flexibility index (Phi) is 5.15. The number of benzene rings is 1. The van der Waals surface area contributed by atoms with Crippen LogP contribution in [0.4, 0.5) is 5.82 Å². The van der Waals surface area contributed by atoms with Crippen LogP contribution in [0.5, 0.6) is 5.75 Å². The van der Waals surface area contributed by atoms with Crippen molar-refractivity contribution in [2.75, 3.05) is 38.2 Å². The van der Waals surface area contributed by atoms with Crippen molar-refractivity contribution in [3.05, 3.63) is 41.1 Å². The number of piperazine rings is 1. The van der Waals surface area contributed by atoms with Crippen molar-refractivity contribution in [3.63, 3.8) is 0 Å². The molecule has 3 rings (SSSR count). The van der Waals surface area contributed by atoms with Crippen LogP contribution in [0.15, 0.2) is 29.2 Å². The van der Waals surface area contributed by atoms with E-state index < -0.39 is 10.0 Å². The number of hydrogen-bond acceptors (Lipinski definition) is 6. The smallest absolute Gasteiger partial charge is 0.246 e. The Bertz CT molecular complexity index is 889. The van der Waals surface area contributed by atoms with Gasteiger partial charge in [-0.1, -0.05) is 0 Å². The Morgan fingerprint density at radius 3 is 2.19 bits per heavy atom. The summed E-state index contributed by atoms with van der Waals surface area (Å²) in [6.45, 7) is 7.67. The topological polar surface area (TPSA) is 75.6 Å². The van der Waals surface area contributed by atoms with E-state index in [0.717, 1.165) is 22.6 Å². The van der Waals surface area contributed by atoms with Crippen LogP contribution in [0.1, 0.15) is 16.8 Å². The van der Waals surface area contributed by atoms with Gasteiger partial charge in [-0.3, -0.25) is 0 Å². The van der Waals surface area contributed by atoms with Gasteiger partial charge in [0.1, 0.15) is 10.6 Å². The number of ether oxygens (including phenoxy) is 1. The highest BCUT2D eigenvalue weighted by molar-refractivity contribution is 7.89. The standard InChI is InChI=1S/C18H24N4O3S/c1-13-11-16(25-4)17(12-14(13)2)26(23,24)22-9-7-21(8-10-22)18-6-5-15(3)19-20-18/h5-6,11-12H,7-10H2,1-4H3. The molecule has 8 heteroatoms. The van der Waals surface area contributed by atoms with Gasteiger partial charge in [0, 0.05) is 26.2 Å². The predicted molar refractivity (Wildman–Crippen MR) is 100 cm³/mol. The number of anilines is 1. The first-order valence-corrected chi connectivity index (χ1v) is 9.97. The molecule has 1 fully saturated rings. The summed E-state index contributed by atoms with van der Waals surface area (Å²) >= 11 is 0. The summed E-state index contributed by atoms with van der Waals surface area (Å²) in [4.78, 5) is 2.28. The van der Waals surface area contributed by atoms with Gasteiger partial charge in [0.2, 0.25) is 10.0 Å². The molecule has 0 saturated carbocycles. The van der Waals surface area contributed by atoms with Crippen LogP contribution in [0.2, 0.25) is 0 Å². The molecule has 7 nitrogen and oxygen atoms in total. The van der Waals surface area contributed by atoms with E-state index in [2.05, 4.69) is 15.1 Å². The molecule has 2 aromatic rings. The number of sulfonamides is 1. The third-order valence-corrected chi connectivity index (χ3v) is 6.66. The minimum atomic E-state index is -3.61. The number of hydrogen-bond donors (Lipinski definition) is 0. The third-order valence-electron chi connectivity index (χ3n) is 4.74. The minimum absolute atomic E-state index is 0.228. The van der Waals surface area contributed by atoms with Gasteiger partial charge in [0.25, 0.3) is 0 Å². The Morgan fingerprint density at radius 2 is 1.62 bits per heavy atom. The Balaban J connectivity index is 1.80. The molecule has 0 N–H and O–H groups in total. The lowest BCUT2D eigenvalue weighted by molar-refractivity contribution is 0.373. The van der Waals surface area contributed by atoms with Crippen LogP contribution in [0.25, 0.3) is 0 Å². The number of aryl methyl sites for hydroxylation is 3. The van der Waals surface area contributed by atoms with Crippen molar-refractivity contribution < 1.29 is 13.2 Å². The van der Waals surface area contributed by atoms with Crippen molar-refractivity contribution in [2.45, 2.75) is 25.7 Å². The molecule has 1 saturated heterocycles. The molecular formula is C18H24N4O3S. The van der Waals surface area contributed by atoms with Gasteiger partial charge in [0.05, 0.1) is 12.8 Å². The third kappa shape index (κ3) is 3.52. The van der Waals surface area contributed by atoms with Crippen molar-refractivity contribution in [3.8, 4) is 5.75 Å². The Labute approximate surface area is 154 Å². The zero-order valence-electron chi connectivity index (χ0n) is 15.6. The maximum absolute atomic E-state index is 13.1. The van der Waals surface area contributed by atoms with E-state index in [-0.39, 0.29) is 4.90 Å². The summed E-state index contributed by atoms with van der Waals surface area (Å²) in [6, 6.07) is 7.30. The van der Waals surface area contributed by atoms with E-state index in [1.165, 1.54) is 11.4 Å². The van der Waals surface area contributed by atoms with Gasteiger partial charge in [-0.15, -0.1) is 5.10 Å². The average Bonchev–Trinajstić information content (AvgIpc) is 2.64. The molecule has 1 aromatic carbocycles. The van der Waals surface area contributed by atoms with Gasteiger partial charge in [-0.05, 0) is 56.2 Å².